The van der Waals surface area contributed by atoms with Gasteiger partial charge in [0.05, 0.1) is 11.4 Å². The molecule has 100 valence electrons. The predicted molar refractivity (Wildman–Crippen MR) is 78.2 cm³/mol. The van der Waals surface area contributed by atoms with E-state index in [2.05, 4.69) is 21.5 Å². The van der Waals surface area contributed by atoms with Gasteiger partial charge in [-0.15, -0.1) is 0 Å². The predicted octanol–water partition coefficient (Wildman–Crippen LogP) is 2.53. The first kappa shape index (κ1) is 12.7. The van der Waals surface area contributed by atoms with E-state index in [0.29, 0.717) is 10.7 Å². The van der Waals surface area contributed by atoms with E-state index in [-0.39, 0.29) is 0 Å². The fraction of sp³-hybridized carbons (Fsp3) is 0.214. The molecule has 1 aliphatic carbocycles. The summed E-state index contributed by atoms with van der Waals surface area (Å²) in [5.41, 5.74) is 4.72. The summed E-state index contributed by atoms with van der Waals surface area (Å²) in [5, 5.41) is 17.2. The average molecular weight is 286 g/mol. The average Bonchev–Trinajstić information content (AvgIpc) is 3.01. The molecule has 2 heterocycles. The van der Waals surface area contributed by atoms with Gasteiger partial charge in [0.15, 0.2) is 5.69 Å². The number of anilines is 1. The molecule has 0 atom stereocenters. The van der Waals surface area contributed by atoms with Crippen LogP contribution in [0.3, 0.4) is 0 Å². The minimum absolute atomic E-state index is 0.379. The monoisotopic (exact) mass is 285 g/mol. The minimum atomic E-state index is 0.379. The number of aryl methyl sites for hydroxylation is 1. The summed E-state index contributed by atoms with van der Waals surface area (Å²) < 4.78 is 1.62. The molecular weight excluding hydrogens is 274 g/mol. The molecule has 5 nitrogen and oxygen atoms in total. The third kappa shape index (κ3) is 1.77. The fourth-order valence-electron chi connectivity index (χ4n) is 2.48. The van der Waals surface area contributed by atoms with Crippen LogP contribution in [0.25, 0.3) is 16.2 Å². The Balaban J connectivity index is 2.28. The molecule has 0 aromatic carbocycles. The van der Waals surface area contributed by atoms with Gasteiger partial charge in [0, 0.05) is 54.6 Å². The summed E-state index contributed by atoms with van der Waals surface area (Å²) in [4.78, 5) is 4.46. The number of allylic oxidation sites excluding steroid dienone is 1. The smallest absolute Gasteiger partial charge is 0.170 e. The first-order valence-electron chi connectivity index (χ1n) is 6.15. The Morgan fingerprint density at radius 2 is 2.25 bits per heavy atom. The van der Waals surface area contributed by atoms with E-state index in [9.17, 15) is 5.26 Å². The Morgan fingerprint density at radius 3 is 2.95 bits per heavy atom. The Hall–Kier alpha value is -2.32. The quantitative estimate of drug-likeness (QED) is 0.921. The molecule has 0 fully saturated rings. The Kier molecular flexibility index (Phi) is 2.96. The lowest BCUT2D eigenvalue weighted by Gasteiger charge is -2.13. The zero-order valence-electron chi connectivity index (χ0n) is 11.1. The Morgan fingerprint density at radius 1 is 1.45 bits per heavy atom. The van der Waals surface area contributed by atoms with E-state index in [4.69, 9.17) is 11.6 Å². The number of fused-ring (bicyclic) bond motifs is 1. The number of nitriles is 1. The van der Waals surface area contributed by atoms with Gasteiger partial charge in [-0.1, -0.05) is 17.7 Å². The molecule has 0 amide bonds. The number of nitrogens with zero attached hydrogens (tertiary/aromatic N) is 4. The fourth-order valence-corrected chi connectivity index (χ4v) is 2.76. The van der Waals surface area contributed by atoms with E-state index in [1.54, 1.807) is 17.9 Å². The van der Waals surface area contributed by atoms with E-state index >= 15 is 0 Å². The van der Waals surface area contributed by atoms with Crippen LogP contribution in [-0.2, 0) is 13.5 Å². The summed E-state index contributed by atoms with van der Waals surface area (Å²) in [6.07, 6.45) is 6.26. The second kappa shape index (κ2) is 4.66. The number of rotatable bonds is 2. The third-order valence-corrected chi connectivity index (χ3v) is 3.69. The van der Waals surface area contributed by atoms with Crippen LogP contribution in [0.1, 0.15) is 17.0 Å². The number of halogens is 1. The molecule has 3 rings (SSSR count). The molecule has 0 unspecified atom stereocenters. The lowest BCUT2D eigenvalue weighted by molar-refractivity contribution is 0.763. The van der Waals surface area contributed by atoms with Crippen LogP contribution in [0, 0.1) is 11.3 Å². The van der Waals surface area contributed by atoms with Crippen molar-refractivity contribution in [3.8, 4) is 17.2 Å². The normalized spacial score (nSPS) is 12.8. The SMILES string of the molecule is CNc1c(-c2cn(C)nc2C#N)cnc2c1C(Cl)=CC2. The van der Waals surface area contributed by atoms with Gasteiger partial charge in [0.2, 0.25) is 0 Å². The highest BCUT2D eigenvalue weighted by Crippen LogP contribution is 2.40. The second-order valence-corrected chi connectivity index (χ2v) is 4.96. The van der Waals surface area contributed by atoms with Gasteiger partial charge >= 0.3 is 0 Å². The van der Waals surface area contributed by atoms with Gasteiger partial charge in [-0.25, -0.2) is 0 Å². The zero-order chi connectivity index (χ0) is 14.3. The first-order chi connectivity index (χ1) is 9.65. The van der Waals surface area contributed by atoms with Gasteiger partial charge in [-0.3, -0.25) is 9.67 Å². The maximum absolute atomic E-state index is 9.20. The van der Waals surface area contributed by atoms with Gasteiger partial charge in [-0.05, 0) is 0 Å². The molecule has 1 aliphatic rings. The highest BCUT2D eigenvalue weighted by molar-refractivity contribution is 6.50. The number of hydrogen-bond donors (Lipinski definition) is 1. The van der Waals surface area contributed by atoms with Crippen LogP contribution in [-0.4, -0.2) is 21.8 Å². The lowest BCUT2D eigenvalue weighted by atomic mass is 10.0. The molecule has 0 aliphatic heterocycles. The van der Waals surface area contributed by atoms with Crippen molar-refractivity contribution >= 4 is 22.3 Å². The van der Waals surface area contributed by atoms with Crippen molar-refractivity contribution in [2.45, 2.75) is 6.42 Å². The maximum Gasteiger partial charge on any atom is 0.170 e. The lowest BCUT2D eigenvalue weighted by Crippen LogP contribution is -2.00. The summed E-state index contributed by atoms with van der Waals surface area (Å²) in [5.74, 6) is 0. The highest BCUT2D eigenvalue weighted by Gasteiger charge is 2.23. The zero-order valence-corrected chi connectivity index (χ0v) is 11.9. The van der Waals surface area contributed by atoms with Crippen LogP contribution in [0.15, 0.2) is 18.5 Å². The van der Waals surface area contributed by atoms with Gasteiger partial charge in [0.25, 0.3) is 0 Å². The standard InChI is InChI=1S/C14H12ClN5/c1-17-14-8(9-7-20(2)19-12(9)5-16)6-18-11-4-3-10(15)13(11)14/h3,6-7H,4H2,1-2H3,(H,17,18). The topological polar surface area (TPSA) is 66.5 Å². The molecular formula is C14H12ClN5. The third-order valence-electron chi connectivity index (χ3n) is 3.35. The largest absolute Gasteiger partial charge is 0.387 e. The van der Waals surface area contributed by atoms with Crippen LogP contribution >= 0.6 is 11.6 Å². The molecule has 2 aromatic heterocycles. The van der Waals surface area contributed by atoms with E-state index < -0.39 is 0 Å². The summed E-state index contributed by atoms with van der Waals surface area (Å²) in [7, 11) is 3.63. The first-order valence-corrected chi connectivity index (χ1v) is 6.53. The molecule has 0 saturated heterocycles. The van der Waals surface area contributed by atoms with Crippen molar-refractivity contribution < 1.29 is 0 Å². The van der Waals surface area contributed by atoms with Crippen LogP contribution < -0.4 is 5.32 Å². The summed E-state index contributed by atoms with van der Waals surface area (Å²) in [6, 6.07) is 2.11. The second-order valence-electron chi connectivity index (χ2n) is 4.55. The van der Waals surface area contributed by atoms with Gasteiger partial charge in [-0.2, -0.15) is 10.4 Å². The number of hydrogen-bond acceptors (Lipinski definition) is 4. The van der Waals surface area contributed by atoms with Gasteiger partial charge < -0.3 is 5.32 Å². The Bertz CT molecular complexity index is 767. The van der Waals surface area contributed by atoms with E-state index in [0.717, 1.165) is 34.5 Å². The van der Waals surface area contributed by atoms with Gasteiger partial charge in [0.1, 0.15) is 6.07 Å². The van der Waals surface area contributed by atoms with Crippen LogP contribution in [0.5, 0.6) is 0 Å². The molecule has 0 radical (unpaired) electrons. The molecule has 6 heteroatoms. The summed E-state index contributed by atoms with van der Waals surface area (Å²) >= 11 is 6.26. The van der Waals surface area contributed by atoms with Crippen molar-refractivity contribution in [2.24, 2.45) is 7.05 Å². The maximum atomic E-state index is 9.20. The Labute approximate surface area is 121 Å². The van der Waals surface area contributed by atoms with E-state index in [1.807, 2.05) is 19.3 Å². The highest BCUT2D eigenvalue weighted by atomic mass is 35.5. The summed E-state index contributed by atoms with van der Waals surface area (Å²) in [6.45, 7) is 0. The molecule has 0 saturated carbocycles. The molecule has 2 aromatic rings. The van der Waals surface area contributed by atoms with E-state index in [1.165, 1.54) is 0 Å². The molecule has 20 heavy (non-hydrogen) atoms. The van der Waals surface area contributed by atoms with Crippen molar-refractivity contribution in [1.29, 1.82) is 5.26 Å². The van der Waals surface area contributed by atoms with Crippen molar-refractivity contribution in [1.82, 2.24) is 14.8 Å². The van der Waals surface area contributed by atoms with Crippen LogP contribution in [0.2, 0.25) is 0 Å². The minimum Gasteiger partial charge on any atom is -0.387 e. The van der Waals surface area contributed by atoms with Crippen molar-refractivity contribution in [3.63, 3.8) is 0 Å². The van der Waals surface area contributed by atoms with Crippen molar-refractivity contribution in [3.05, 3.63) is 35.4 Å². The molecule has 0 spiro atoms. The molecule has 0 bridgehead atoms. The van der Waals surface area contributed by atoms with Crippen molar-refractivity contribution in [2.75, 3.05) is 12.4 Å². The number of pyridine rings is 1. The van der Waals surface area contributed by atoms with Crippen LogP contribution in [0.4, 0.5) is 5.69 Å². The molecule has 1 N–H and O–H groups in total. The number of nitrogens with one attached hydrogen (secondary N) is 1. The number of aromatic nitrogens is 3.